The lowest BCUT2D eigenvalue weighted by Crippen LogP contribution is -2.35. The van der Waals surface area contributed by atoms with Gasteiger partial charge in [-0.15, -0.1) is 6.58 Å². The summed E-state index contributed by atoms with van der Waals surface area (Å²) in [5.41, 5.74) is 0. The maximum absolute atomic E-state index is 11.0. The summed E-state index contributed by atoms with van der Waals surface area (Å²) in [6.07, 6.45) is 1.69. The van der Waals surface area contributed by atoms with E-state index in [1.165, 1.54) is 0 Å². The Morgan fingerprint density at radius 1 is 1.77 bits per heavy atom. The molecule has 0 aromatic rings. The van der Waals surface area contributed by atoms with Crippen LogP contribution in [0.3, 0.4) is 0 Å². The monoisotopic (exact) mass is 181 g/mol. The highest BCUT2D eigenvalue weighted by Gasteiger charge is 2.02. The van der Waals surface area contributed by atoms with Gasteiger partial charge in [0.15, 0.2) is 0 Å². The van der Waals surface area contributed by atoms with Gasteiger partial charge in [0, 0.05) is 13.1 Å². The zero-order valence-electron chi connectivity index (χ0n) is 7.84. The van der Waals surface area contributed by atoms with Gasteiger partial charge in [-0.25, -0.2) is 0 Å². The van der Waals surface area contributed by atoms with Crippen LogP contribution in [0.5, 0.6) is 0 Å². The number of nitrogens with zero attached hydrogens (tertiary/aromatic N) is 1. The maximum atomic E-state index is 11.0. The van der Waals surface area contributed by atoms with Gasteiger partial charge in [0.1, 0.15) is 0 Å². The van der Waals surface area contributed by atoms with Crippen molar-refractivity contribution in [2.24, 2.45) is 5.92 Å². The smallest absolute Gasteiger partial charge is 0.234 e. The molecule has 0 aromatic carbocycles. The minimum Gasteiger partial charge on any atom is -0.354 e. The lowest BCUT2D eigenvalue weighted by atomic mass is 10.2. The van der Waals surface area contributed by atoms with E-state index in [2.05, 4.69) is 17.2 Å². The van der Waals surface area contributed by atoms with E-state index in [1.807, 2.05) is 6.07 Å². The maximum Gasteiger partial charge on any atom is 0.234 e. The molecule has 1 amide bonds. The van der Waals surface area contributed by atoms with Crippen molar-refractivity contribution in [3.8, 4) is 6.07 Å². The summed E-state index contributed by atoms with van der Waals surface area (Å²) < 4.78 is 0. The van der Waals surface area contributed by atoms with Crippen molar-refractivity contribution in [3.63, 3.8) is 0 Å². The fourth-order valence-electron chi connectivity index (χ4n) is 0.663. The molecule has 72 valence electrons. The van der Waals surface area contributed by atoms with Crippen LogP contribution in [0, 0.1) is 17.2 Å². The molecule has 13 heavy (non-hydrogen) atoms. The third kappa shape index (κ3) is 7.04. The van der Waals surface area contributed by atoms with Gasteiger partial charge in [-0.1, -0.05) is 6.08 Å². The first kappa shape index (κ1) is 11.7. The number of hydrogen-bond acceptors (Lipinski definition) is 3. The summed E-state index contributed by atoms with van der Waals surface area (Å²) in [5.74, 6) is -0.229. The molecule has 0 rings (SSSR count). The van der Waals surface area contributed by atoms with E-state index in [-0.39, 0.29) is 18.4 Å². The quantitative estimate of drug-likeness (QED) is 0.449. The van der Waals surface area contributed by atoms with Crippen molar-refractivity contribution in [1.29, 1.82) is 5.26 Å². The fraction of sp³-hybridized carbons (Fsp3) is 0.556. The van der Waals surface area contributed by atoms with Crippen molar-refractivity contribution < 1.29 is 4.79 Å². The van der Waals surface area contributed by atoms with Crippen LogP contribution in [-0.2, 0) is 4.79 Å². The molecule has 0 saturated heterocycles. The van der Waals surface area contributed by atoms with Gasteiger partial charge in [0.25, 0.3) is 0 Å². The molecule has 1 unspecified atom stereocenters. The van der Waals surface area contributed by atoms with E-state index in [0.717, 1.165) is 0 Å². The number of amides is 1. The third-order valence-electron chi connectivity index (χ3n) is 1.40. The molecule has 0 aliphatic heterocycles. The van der Waals surface area contributed by atoms with E-state index in [0.29, 0.717) is 13.1 Å². The SMILES string of the molecule is C=CCNCC(=O)NCC(C)C#N. The van der Waals surface area contributed by atoms with Crippen molar-refractivity contribution in [3.05, 3.63) is 12.7 Å². The Labute approximate surface area is 78.6 Å². The summed E-state index contributed by atoms with van der Waals surface area (Å²) in [6, 6.07) is 2.04. The van der Waals surface area contributed by atoms with Gasteiger partial charge in [0.05, 0.1) is 18.5 Å². The van der Waals surface area contributed by atoms with E-state index in [9.17, 15) is 4.79 Å². The van der Waals surface area contributed by atoms with Crippen LogP contribution in [0.15, 0.2) is 12.7 Å². The number of hydrogen-bond donors (Lipinski definition) is 2. The van der Waals surface area contributed by atoms with Crippen LogP contribution in [0.25, 0.3) is 0 Å². The van der Waals surface area contributed by atoms with Crippen molar-refractivity contribution >= 4 is 5.91 Å². The molecule has 0 aromatic heterocycles. The van der Waals surface area contributed by atoms with Crippen LogP contribution >= 0.6 is 0 Å². The zero-order chi connectivity index (χ0) is 10.1. The number of carbonyl (C=O) groups excluding carboxylic acids is 1. The summed E-state index contributed by atoms with van der Waals surface area (Å²) in [7, 11) is 0. The van der Waals surface area contributed by atoms with Crippen LogP contribution in [0.2, 0.25) is 0 Å². The highest BCUT2D eigenvalue weighted by molar-refractivity contribution is 5.77. The Morgan fingerprint density at radius 3 is 3.00 bits per heavy atom. The number of carbonyl (C=O) groups is 1. The highest BCUT2D eigenvalue weighted by Crippen LogP contribution is 1.86. The molecule has 0 spiro atoms. The first-order valence-electron chi connectivity index (χ1n) is 4.18. The van der Waals surface area contributed by atoms with Gasteiger partial charge in [-0.3, -0.25) is 4.79 Å². The average Bonchev–Trinajstić information content (AvgIpc) is 2.14. The number of nitriles is 1. The minimum absolute atomic E-state index is 0.0936. The second kappa shape index (κ2) is 7.32. The summed E-state index contributed by atoms with van der Waals surface area (Å²) >= 11 is 0. The van der Waals surface area contributed by atoms with E-state index >= 15 is 0 Å². The topological polar surface area (TPSA) is 64.9 Å². The first-order chi connectivity index (χ1) is 6.20. The van der Waals surface area contributed by atoms with E-state index in [4.69, 9.17) is 5.26 Å². The van der Waals surface area contributed by atoms with E-state index in [1.54, 1.807) is 13.0 Å². The molecule has 0 aliphatic rings. The number of nitrogens with one attached hydrogen (secondary N) is 2. The standard InChI is InChI=1S/C9H15N3O/c1-3-4-11-7-9(13)12-6-8(2)5-10/h3,8,11H,1,4,6-7H2,2H3,(H,12,13). The summed E-state index contributed by atoms with van der Waals surface area (Å²) in [5, 5.41) is 13.9. The Balaban J connectivity index is 3.41. The third-order valence-corrected chi connectivity index (χ3v) is 1.40. The average molecular weight is 181 g/mol. The van der Waals surface area contributed by atoms with Gasteiger partial charge < -0.3 is 10.6 Å². The fourth-order valence-corrected chi connectivity index (χ4v) is 0.663. The van der Waals surface area contributed by atoms with Crippen LogP contribution < -0.4 is 10.6 Å². The summed E-state index contributed by atoms with van der Waals surface area (Å²) in [4.78, 5) is 11.0. The summed E-state index contributed by atoms with van der Waals surface area (Å²) in [6.45, 7) is 6.56. The first-order valence-corrected chi connectivity index (χ1v) is 4.18. The molecular formula is C9H15N3O. The molecule has 0 heterocycles. The molecule has 0 bridgehead atoms. The van der Waals surface area contributed by atoms with Crippen molar-refractivity contribution in [2.75, 3.05) is 19.6 Å². The lowest BCUT2D eigenvalue weighted by Gasteiger charge is -2.05. The minimum atomic E-state index is -0.136. The van der Waals surface area contributed by atoms with Gasteiger partial charge in [-0.2, -0.15) is 5.26 Å². The second-order valence-electron chi connectivity index (χ2n) is 2.75. The molecule has 0 radical (unpaired) electrons. The molecule has 4 heteroatoms. The van der Waals surface area contributed by atoms with Crippen molar-refractivity contribution in [1.82, 2.24) is 10.6 Å². The number of rotatable bonds is 6. The molecule has 4 nitrogen and oxygen atoms in total. The Kier molecular flexibility index (Phi) is 6.56. The molecule has 0 fully saturated rings. The van der Waals surface area contributed by atoms with Gasteiger partial charge >= 0.3 is 0 Å². The predicted molar refractivity (Wildman–Crippen MR) is 50.9 cm³/mol. The van der Waals surface area contributed by atoms with Gasteiger partial charge in [0.2, 0.25) is 5.91 Å². The molecule has 0 saturated carbocycles. The molecular weight excluding hydrogens is 166 g/mol. The van der Waals surface area contributed by atoms with Gasteiger partial charge in [-0.05, 0) is 6.92 Å². The predicted octanol–water partition coefficient (Wildman–Crippen LogP) is 0.0379. The Morgan fingerprint density at radius 2 is 2.46 bits per heavy atom. The molecule has 0 aliphatic carbocycles. The highest BCUT2D eigenvalue weighted by atomic mass is 16.1. The Bertz CT molecular complexity index is 207. The second-order valence-corrected chi connectivity index (χ2v) is 2.75. The zero-order valence-corrected chi connectivity index (χ0v) is 7.84. The molecule has 2 N–H and O–H groups in total. The van der Waals surface area contributed by atoms with Crippen LogP contribution in [0.4, 0.5) is 0 Å². The largest absolute Gasteiger partial charge is 0.354 e. The van der Waals surface area contributed by atoms with E-state index < -0.39 is 0 Å². The van der Waals surface area contributed by atoms with Crippen LogP contribution in [0.1, 0.15) is 6.92 Å². The lowest BCUT2D eigenvalue weighted by molar-refractivity contribution is -0.120. The Hall–Kier alpha value is -1.34. The van der Waals surface area contributed by atoms with Crippen molar-refractivity contribution in [2.45, 2.75) is 6.92 Å². The van der Waals surface area contributed by atoms with Crippen LogP contribution in [-0.4, -0.2) is 25.5 Å². The normalized spacial score (nSPS) is 11.4. The molecule has 1 atom stereocenters.